The molecule has 8 atom stereocenters. The lowest BCUT2D eigenvalue weighted by molar-refractivity contribution is -0.220. The van der Waals surface area contributed by atoms with Gasteiger partial charge in [0, 0.05) is 12.8 Å². The first-order valence-electron chi connectivity index (χ1n) is 26.5. The third-order valence-corrected chi connectivity index (χ3v) is 13.6. The minimum absolute atomic E-state index is 0.0544. The minimum atomic E-state index is -5.12. The first kappa shape index (κ1) is 61.6. The van der Waals surface area contributed by atoms with Crippen molar-refractivity contribution in [2.75, 3.05) is 13.2 Å². The highest BCUT2D eigenvalue weighted by Crippen LogP contribution is 2.47. The largest absolute Gasteiger partial charge is 0.472 e. The summed E-state index contributed by atoms with van der Waals surface area (Å²) in [6.07, 6.45) is 32.8. The summed E-state index contributed by atoms with van der Waals surface area (Å²) in [5.41, 5.74) is 0. The summed E-state index contributed by atoms with van der Waals surface area (Å²) in [6, 6.07) is 0. The number of unbranched alkanes of at least 4 members (excludes halogenated alkanes) is 31. The smallest absolute Gasteiger partial charge is 0.462 e. The molecule has 0 aromatic rings. The third kappa shape index (κ3) is 33.7. The van der Waals surface area contributed by atoms with Crippen LogP contribution >= 0.6 is 7.82 Å². The summed E-state index contributed by atoms with van der Waals surface area (Å²) < 4.78 is 33.6. The lowest BCUT2D eigenvalue weighted by atomic mass is 9.85. The zero-order chi connectivity index (χ0) is 47.8. The maximum atomic E-state index is 12.8. The van der Waals surface area contributed by atoms with Crippen molar-refractivity contribution in [2.24, 2.45) is 0 Å². The first-order valence-corrected chi connectivity index (χ1v) is 28.0. The second-order valence-electron chi connectivity index (χ2n) is 18.7. The van der Waals surface area contributed by atoms with Gasteiger partial charge in [-0.05, 0) is 32.1 Å². The standard InChI is InChI=1S/C51H97O13P/c1-3-5-7-9-11-13-15-17-18-19-20-21-22-23-24-25-26-28-30-32-34-36-38-40-45(53)63-43(42-62-65(59,60)64-51-49(57)47(55)46(54)48(56)50(51)58)41-61-44(52)39-37-35-33-31-29-27-16-14-12-10-8-6-4-2/h32,34,43,46-51,54-58H,3-31,33,35-42H2,1-2H3,(H,59,60)/b34-32+/t43-,46?,47-,48?,49?,50?,51?/m1/s1. The maximum Gasteiger partial charge on any atom is 0.472 e. The molecule has 0 heterocycles. The molecule has 1 fully saturated rings. The predicted octanol–water partition coefficient (Wildman–Crippen LogP) is 11.4. The number of hydrogen-bond acceptors (Lipinski definition) is 12. The number of aliphatic hydroxyl groups is 5. The number of rotatable bonds is 45. The van der Waals surface area contributed by atoms with Crippen LogP contribution in [0.1, 0.15) is 245 Å². The predicted molar refractivity (Wildman–Crippen MR) is 258 cm³/mol. The van der Waals surface area contributed by atoms with Crippen LogP contribution in [0.3, 0.4) is 0 Å². The van der Waals surface area contributed by atoms with E-state index in [0.717, 1.165) is 32.1 Å². The number of carbonyl (C=O) groups excluding carboxylic acids is 2. The Morgan fingerprint density at radius 1 is 0.462 bits per heavy atom. The molecule has 6 unspecified atom stereocenters. The van der Waals surface area contributed by atoms with Gasteiger partial charge in [-0.15, -0.1) is 0 Å². The number of hydrogen-bond donors (Lipinski definition) is 6. The van der Waals surface area contributed by atoms with Crippen LogP contribution in [0.4, 0.5) is 0 Å². The van der Waals surface area contributed by atoms with E-state index in [1.807, 2.05) is 0 Å². The van der Waals surface area contributed by atoms with Crippen LogP contribution < -0.4 is 0 Å². The van der Waals surface area contributed by atoms with Gasteiger partial charge in [-0.25, -0.2) is 4.57 Å². The fourth-order valence-corrected chi connectivity index (χ4v) is 9.33. The van der Waals surface area contributed by atoms with Crippen LogP contribution in [0, 0.1) is 0 Å². The Labute approximate surface area is 394 Å². The van der Waals surface area contributed by atoms with E-state index in [2.05, 4.69) is 26.0 Å². The van der Waals surface area contributed by atoms with Gasteiger partial charge >= 0.3 is 19.8 Å². The lowest BCUT2D eigenvalue weighted by Gasteiger charge is -2.41. The average molecular weight is 949 g/mol. The van der Waals surface area contributed by atoms with Gasteiger partial charge < -0.3 is 39.9 Å². The van der Waals surface area contributed by atoms with Crippen molar-refractivity contribution in [2.45, 2.75) is 288 Å². The van der Waals surface area contributed by atoms with E-state index in [9.17, 15) is 44.6 Å². The Bertz CT molecular complexity index is 1190. The van der Waals surface area contributed by atoms with E-state index in [-0.39, 0.29) is 12.8 Å². The fraction of sp³-hybridized carbons (Fsp3) is 0.922. The number of carbonyl (C=O) groups is 2. The molecule has 6 N–H and O–H groups in total. The van der Waals surface area contributed by atoms with Crippen molar-refractivity contribution in [1.29, 1.82) is 0 Å². The van der Waals surface area contributed by atoms with Crippen molar-refractivity contribution < 1.29 is 63.1 Å². The van der Waals surface area contributed by atoms with E-state index < -0.39 is 75.7 Å². The molecule has 384 valence electrons. The molecular formula is C51H97O13P. The molecule has 0 spiro atoms. The summed E-state index contributed by atoms with van der Waals surface area (Å²) in [5.74, 6) is -1.12. The van der Waals surface area contributed by atoms with Crippen LogP contribution in [0.2, 0.25) is 0 Å². The molecule has 13 nitrogen and oxygen atoms in total. The molecule has 65 heavy (non-hydrogen) atoms. The molecular weight excluding hydrogens is 852 g/mol. The molecule has 1 aliphatic rings. The van der Waals surface area contributed by atoms with Gasteiger partial charge in [0.05, 0.1) is 6.61 Å². The van der Waals surface area contributed by atoms with Crippen LogP contribution in [-0.4, -0.2) is 98.3 Å². The monoisotopic (exact) mass is 949 g/mol. The van der Waals surface area contributed by atoms with E-state index in [0.29, 0.717) is 19.3 Å². The summed E-state index contributed by atoms with van der Waals surface area (Å²) in [5, 5.41) is 50.2. The number of allylic oxidation sites excluding steroid dienone is 2. The highest BCUT2D eigenvalue weighted by Gasteiger charge is 2.51. The third-order valence-electron chi connectivity index (χ3n) is 12.6. The molecule has 1 rings (SSSR count). The van der Waals surface area contributed by atoms with Crippen molar-refractivity contribution in [3.05, 3.63) is 12.2 Å². The van der Waals surface area contributed by atoms with Gasteiger partial charge in [0.15, 0.2) is 6.10 Å². The topological polar surface area (TPSA) is 210 Å². The highest BCUT2D eigenvalue weighted by molar-refractivity contribution is 7.47. The molecule has 0 radical (unpaired) electrons. The molecule has 0 aromatic heterocycles. The zero-order valence-electron chi connectivity index (χ0n) is 41.1. The molecule has 1 saturated carbocycles. The quantitative estimate of drug-likeness (QED) is 0.0145. The average Bonchev–Trinajstić information content (AvgIpc) is 3.29. The molecule has 0 aliphatic heterocycles. The van der Waals surface area contributed by atoms with Gasteiger partial charge in [0.2, 0.25) is 0 Å². The van der Waals surface area contributed by atoms with E-state index >= 15 is 0 Å². The van der Waals surface area contributed by atoms with E-state index in [1.54, 1.807) is 0 Å². The molecule has 0 aromatic carbocycles. The SMILES string of the molecule is CCCCCCCCCCCCCCCCCCCC/C=C/CCCC(=O)O[C@H](COC(=O)CCCCCCCCCCCCCCC)COP(=O)(O)OC1C(O)C(O)C(O)[C@@H](O)C1O. The molecule has 0 saturated heterocycles. The van der Waals surface area contributed by atoms with E-state index in [4.69, 9.17) is 18.5 Å². The second-order valence-corrected chi connectivity index (χ2v) is 20.1. The second kappa shape index (κ2) is 41.6. The Balaban J connectivity index is 2.36. The van der Waals surface area contributed by atoms with Gasteiger partial charge in [-0.3, -0.25) is 18.6 Å². The number of ether oxygens (including phenoxy) is 2. The summed E-state index contributed by atoms with van der Waals surface area (Å²) in [4.78, 5) is 35.8. The fourth-order valence-electron chi connectivity index (χ4n) is 8.35. The molecule has 0 bridgehead atoms. The van der Waals surface area contributed by atoms with Crippen LogP contribution in [0.15, 0.2) is 12.2 Å². The Morgan fingerprint density at radius 3 is 1.22 bits per heavy atom. The summed E-state index contributed by atoms with van der Waals surface area (Å²) in [7, 11) is -5.12. The van der Waals surface area contributed by atoms with Gasteiger partial charge in [0.1, 0.15) is 43.2 Å². The first-order chi connectivity index (χ1) is 31.4. The number of aliphatic hydroxyl groups excluding tert-OH is 5. The van der Waals surface area contributed by atoms with Crippen LogP contribution in [0.5, 0.6) is 0 Å². The molecule has 1 aliphatic carbocycles. The Kier molecular flexibility index (Phi) is 39.4. The van der Waals surface area contributed by atoms with Crippen molar-refractivity contribution in [1.82, 2.24) is 0 Å². The van der Waals surface area contributed by atoms with Gasteiger partial charge in [-0.2, -0.15) is 0 Å². The van der Waals surface area contributed by atoms with Crippen LogP contribution in [-0.2, 0) is 32.7 Å². The molecule has 14 heteroatoms. The molecule has 0 amide bonds. The van der Waals surface area contributed by atoms with Crippen molar-refractivity contribution in [3.8, 4) is 0 Å². The normalized spacial score (nSPS) is 21.4. The number of phosphoric ester groups is 1. The summed E-state index contributed by atoms with van der Waals surface area (Å²) >= 11 is 0. The Hall–Kier alpha value is -1.41. The summed E-state index contributed by atoms with van der Waals surface area (Å²) in [6.45, 7) is 3.32. The van der Waals surface area contributed by atoms with Crippen molar-refractivity contribution in [3.63, 3.8) is 0 Å². The maximum absolute atomic E-state index is 12.8. The van der Waals surface area contributed by atoms with Gasteiger partial charge in [0.25, 0.3) is 0 Å². The van der Waals surface area contributed by atoms with Crippen molar-refractivity contribution >= 4 is 19.8 Å². The number of phosphoric acid groups is 1. The van der Waals surface area contributed by atoms with E-state index in [1.165, 1.54) is 167 Å². The van der Waals surface area contributed by atoms with Gasteiger partial charge in [-0.1, -0.05) is 212 Å². The lowest BCUT2D eigenvalue weighted by Crippen LogP contribution is -2.64. The Morgan fingerprint density at radius 2 is 0.800 bits per heavy atom. The highest BCUT2D eigenvalue weighted by atomic mass is 31.2. The number of esters is 2. The minimum Gasteiger partial charge on any atom is -0.462 e. The zero-order valence-corrected chi connectivity index (χ0v) is 41.9. The van der Waals surface area contributed by atoms with Crippen LogP contribution in [0.25, 0.3) is 0 Å².